The fourth-order valence-corrected chi connectivity index (χ4v) is 4.40. The first-order chi connectivity index (χ1) is 9.63. The molecule has 0 amide bonds. The molecule has 0 aromatic heterocycles. The van der Waals surface area contributed by atoms with Crippen LogP contribution in [-0.2, 0) is 0 Å². The van der Waals surface area contributed by atoms with Crippen molar-refractivity contribution >= 4 is 0 Å². The maximum atomic E-state index is 3.60. The zero-order chi connectivity index (χ0) is 14.5. The van der Waals surface area contributed by atoms with Gasteiger partial charge in [-0.2, -0.15) is 0 Å². The molecular weight excluding hydrogens is 244 g/mol. The van der Waals surface area contributed by atoms with E-state index in [0.29, 0.717) is 0 Å². The second-order valence-electron chi connectivity index (χ2n) is 7.62. The van der Waals surface area contributed by atoms with E-state index >= 15 is 0 Å². The number of rotatable bonds is 5. The Kier molecular flexibility index (Phi) is 6.35. The Bertz CT molecular complexity index is 269. The molecular formula is C18H36N2. The summed E-state index contributed by atoms with van der Waals surface area (Å²) in [6.07, 6.45) is 8.50. The highest BCUT2D eigenvalue weighted by molar-refractivity contribution is 4.87. The smallest absolute Gasteiger partial charge is 0.0105 e. The van der Waals surface area contributed by atoms with Crippen molar-refractivity contribution in [1.82, 2.24) is 10.2 Å². The van der Waals surface area contributed by atoms with Gasteiger partial charge in [0.1, 0.15) is 0 Å². The third-order valence-corrected chi connectivity index (χ3v) is 6.11. The largest absolute Gasteiger partial charge is 0.317 e. The molecule has 1 saturated heterocycles. The molecule has 1 N–H and O–H groups in total. The van der Waals surface area contributed by atoms with Gasteiger partial charge < -0.3 is 10.2 Å². The van der Waals surface area contributed by atoms with Crippen molar-refractivity contribution in [1.29, 1.82) is 0 Å². The van der Waals surface area contributed by atoms with Crippen LogP contribution < -0.4 is 5.32 Å². The summed E-state index contributed by atoms with van der Waals surface area (Å²) in [5.41, 5.74) is 0. The molecule has 118 valence electrons. The third-order valence-electron chi connectivity index (χ3n) is 6.11. The van der Waals surface area contributed by atoms with E-state index in [1.54, 1.807) is 0 Å². The first-order valence-corrected chi connectivity index (χ1v) is 9.03. The summed E-state index contributed by atoms with van der Waals surface area (Å²) >= 11 is 0. The average Bonchev–Trinajstić information content (AvgIpc) is 2.48. The van der Waals surface area contributed by atoms with Gasteiger partial charge in [-0.3, -0.25) is 0 Å². The maximum absolute atomic E-state index is 3.60. The molecule has 1 aliphatic carbocycles. The van der Waals surface area contributed by atoms with Gasteiger partial charge in [-0.25, -0.2) is 0 Å². The number of hydrogen-bond donors (Lipinski definition) is 1. The van der Waals surface area contributed by atoms with Crippen molar-refractivity contribution in [2.45, 2.75) is 65.3 Å². The first-order valence-electron chi connectivity index (χ1n) is 9.03. The van der Waals surface area contributed by atoms with Gasteiger partial charge in [0, 0.05) is 12.6 Å². The molecule has 0 aromatic rings. The summed E-state index contributed by atoms with van der Waals surface area (Å²) in [7, 11) is 2.16. The first kappa shape index (κ1) is 16.3. The van der Waals surface area contributed by atoms with E-state index in [1.807, 2.05) is 0 Å². The highest BCUT2D eigenvalue weighted by Gasteiger charge is 2.32. The minimum absolute atomic E-state index is 0.758. The average molecular weight is 281 g/mol. The minimum Gasteiger partial charge on any atom is -0.317 e. The van der Waals surface area contributed by atoms with Crippen LogP contribution in [0.25, 0.3) is 0 Å². The van der Waals surface area contributed by atoms with Crippen molar-refractivity contribution in [3.8, 4) is 0 Å². The van der Waals surface area contributed by atoms with E-state index in [2.05, 4.69) is 38.0 Å². The van der Waals surface area contributed by atoms with E-state index in [9.17, 15) is 0 Å². The highest BCUT2D eigenvalue weighted by atomic mass is 15.1. The lowest BCUT2D eigenvalue weighted by Gasteiger charge is -2.41. The van der Waals surface area contributed by atoms with Crippen LogP contribution in [0.5, 0.6) is 0 Å². The molecule has 3 unspecified atom stereocenters. The Morgan fingerprint density at radius 1 is 1.10 bits per heavy atom. The van der Waals surface area contributed by atoms with E-state index in [4.69, 9.17) is 0 Å². The van der Waals surface area contributed by atoms with Crippen molar-refractivity contribution in [2.24, 2.45) is 23.7 Å². The predicted octanol–water partition coefficient (Wildman–Crippen LogP) is 3.77. The Labute approximate surface area is 126 Å². The Hall–Kier alpha value is -0.0800. The van der Waals surface area contributed by atoms with Crippen LogP contribution >= 0.6 is 0 Å². The number of piperidine rings is 1. The molecule has 1 saturated carbocycles. The predicted molar refractivity (Wildman–Crippen MR) is 88.0 cm³/mol. The lowest BCUT2D eigenvalue weighted by atomic mass is 9.73. The lowest BCUT2D eigenvalue weighted by Crippen LogP contribution is -2.47. The van der Waals surface area contributed by atoms with E-state index in [1.165, 1.54) is 58.2 Å². The van der Waals surface area contributed by atoms with Crippen molar-refractivity contribution in [3.63, 3.8) is 0 Å². The molecule has 2 nitrogen and oxygen atoms in total. The van der Waals surface area contributed by atoms with Crippen molar-refractivity contribution < 1.29 is 0 Å². The van der Waals surface area contributed by atoms with Crippen molar-refractivity contribution in [3.05, 3.63) is 0 Å². The number of nitrogens with zero attached hydrogens (tertiary/aromatic N) is 1. The van der Waals surface area contributed by atoms with Crippen LogP contribution in [0.2, 0.25) is 0 Å². The van der Waals surface area contributed by atoms with Crippen LogP contribution in [0.3, 0.4) is 0 Å². The third kappa shape index (κ3) is 4.21. The van der Waals surface area contributed by atoms with E-state index < -0.39 is 0 Å². The fourth-order valence-electron chi connectivity index (χ4n) is 4.40. The molecule has 0 radical (unpaired) electrons. The van der Waals surface area contributed by atoms with E-state index in [0.717, 1.165) is 29.7 Å². The molecule has 0 aromatic carbocycles. The number of hydrogen-bond acceptors (Lipinski definition) is 2. The standard InChI is InChI=1S/C18H36N2/c1-5-15-8-10-20(11-9-15)13-17-12-16(14(2)3)6-7-18(17)19-4/h14-19H,5-13H2,1-4H3. The van der Waals surface area contributed by atoms with Crippen LogP contribution in [0.1, 0.15) is 59.3 Å². The molecule has 2 heteroatoms. The summed E-state index contributed by atoms with van der Waals surface area (Å²) in [5.74, 6) is 3.69. The van der Waals surface area contributed by atoms with Gasteiger partial charge in [-0.05, 0) is 75.9 Å². The second-order valence-corrected chi connectivity index (χ2v) is 7.62. The van der Waals surface area contributed by atoms with E-state index in [-0.39, 0.29) is 0 Å². The number of nitrogens with one attached hydrogen (secondary N) is 1. The Morgan fingerprint density at radius 2 is 1.80 bits per heavy atom. The van der Waals surface area contributed by atoms with Gasteiger partial charge in [-0.1, -0.05) is 27.2 Å². The molecule has 3 atom stereocenters. The summed E-state index contributed by atoms with van der Waals surface area (Å²) < 4.78 is 0. The van der Waals surface area contributed by atoms with Gasteiger partial charge in [0.2, 0.25) is 0 Å². The molecule has 2 rings (SSSR count). The van der Waals surface area contributed by atoms with Crippen LogP contribution in [0, 0.1) is 23.7 Å². The van der Waals surface area contributed by atoms with Crippen LogP contribution in [0.4, 0.5) is 0 Å². The summed E-state index contributed by atoms with van der Waals surface area (Å²) in [6.45, 7) is 11.2. The van der Waals surface area contributed by atoms with Crippen LogP contribution in [0.15, 0.2) is 0 Å². The minimum atomic E-state index is 0.758. The van der Waals surface area contributed by atoms with Crippen LogP contribution in [-0.4, -0.2) is 37.6 Å². The highest BCUT2D eigenvalue weighted by Crippen LogP contribution is 2.35. The van der Waals surface area contributed by atoms with Gasteiger partial charge in [0.25, 0.3) is 0 Å². The molecule has 1 heterocycles. The molecule has 0 bridgehead atoms. The molecule has 20 heavy (non-hydrogen) atoms. The quantitative estimate of drug-likeness (QED) is 0.824. The Morgan fingerprint density at radius 3 is 2.35 bits per heavy atom. The van der Waals surface area contributed by atoms with Gasteiger partial charge in [-0.15, -0.1) is 0 Å². The summed E-state index contributed by atoms with van der Waals surface area (Å²) in [5, 5.41) is 3.60. The second kappa shape index (κ2) is 7.79. The summed E-state index contributed by atoms with van der Waals surface area (Å²) in [6, 6.07) is 0.758. The Balaban J connectivity index is 1.85. The lowest BCUT2D eigenvalue weighted by molar-refractivity contribution is 0.101. The molecule has 1 aliphatic heterocycles. The topological polar surface area (TPSA) is 15.3 Å². The molecule has 2 aliphatic rings. The normalized spacial score (nSPS) is 33.8. The fraction of sp³-hybridized carbons (Fsp3) is 1.00. The van der Waals surface area contributed by atoms with Gasteiger partial charge in [0.05, 0.1) is 0 Å². The molecule has 0 spiro atoms. The maximum Gasteiger partial charge on any atom is 0.0105 e. The van der Waals surface area contributed by atoms with Crippen molar-refractivity contribution in [2.75, 3.05) is 26.7 Å². The van der Waals surface area contributed by atoms with Gasteiger partial charge >= 0.3 is 0 Å². The SMILES string of the molecule is CCC1CCN(CC2CC(C(C)C)CCC2NC)CC1. The molecule has 2 fully saturated rings. The number of likely N-dealkylation sites (tertiary alicyclic amines) is 1. The zero-order valence-corrected chi connectivity index (χ0v) is 14.2. The summed E-state index contributed by atoms with van der Waals surface area (Å²) in [4.78, 5) is 2.75. The zero-order valence-electron chi connectivity index (χ0n) is 14.2. The monoisotopic (exact) mass is 280 g/mol. The van der Waals surface area contributed by atoms with Gasteiger partial charge in [0.15, 0.2) is 0 Å².